The number of carbonyl (C=O) groups excluding carboxylic acids is 2. The van der Waals surface area contributed by atoms with Gasteiger partial charge in [-0.3, -0.25) is 9.59 Å². The van der Waals surface area contributed by atoms with Crippen LogP contribution < -0.4 is 4.90 Å². The van der Waals surface area contributed by atoms with Gasteiger partial charge in [0.05, 0.1) is 36.8 Å². The number of anilines is 1. The number of Topliss-reactive ketones (excluding diaryl/α,β-unsaturated/α-hetero) is 1. The molecule has 3 heterocycles. The van der Waals surface area contributed by atoms with Gasteiger partial charge in [-0.05, 0) is 70.0 Å². The molecule has 1 aromatic carbocycles. The highest BCUT2D eigenvalue weighted by Gasteiger charge is 2.44. The summed E-state index contributed by atoms with van der Waals surface area (Å²) in [6, 6.07) is 6.84. The molecule has 10 nitrogen and oxygen atoms in total. The van der Waals surface area contributed by atoms with Crippen LogP contribution in [0.25, 0.3) is 0 Å². The number of aryl methyl sites for hydroxylation is 1. The fourth-order valence-electron chi connectivity index (χ4n) is 6.66. The Labute approximate surface area is 253 Å². The smallest absolute Gasteiger partial charge is 0.247 e. The molecular weight excluding hydrogens is 549 g/mol. The summed E-state index contributed by atoms with van der Waals surface area (Å²) >= 11 is 0. The van der Waals surface area contributed by atoms with Crippen LogP contribution in [-0.4, -0.2) is 110 Å². The topological polar surface area (TPSA) is 105 Å². The van der Waals surface area contributed by atoms with Crippen LogP contribution in [0, 0.1) is 35.9 Å². The Morgan fingerprint density at radius 3 is 2.79 bits per heavy atom. The molecule has 4 atom stereocenters. The number of nitriles is 1. The number of fused-ring (bicyclic) bond motifs is 1. The number of likely N-dealkylation sites (N-methyl/N-ethyl adjacent to an activating group) is 1. The number of hydrogen-bond donors (Lipinski definition) is 0. The maximum Gasteiger partial charge on any atom is 0.247 e. The van der Waals surface area contributed by atoms with E-state index in [0.29, 0.717) is 57.2 Å². The normalized spacial score (nSPS) is 26.4. The number of piperazine rings is 1. The van der Waals surface area contributed by atoms with E-state index >= 15 is 0 Å². The molecule has 0 spiro atoms. The number of carbonyl (C=O) groups is 2. The van der Waals surface area contributed by atoms with Gasteiger partial charge in [0.15, 0.2) is 5.78 Å². The number of rotatable bonds is 8. The van der Waals surface area contributed by atoms with Crippen LogP contribution in [0.15, 0.2) is 40.8 Å². The third-order valence-electron chi connectivity index (χ3n) is 9.13. The van der Waals surface area contributed by atoms with Crippen molar-refractivity contribution in [3.8, 4) is 6.07 Å². The average molecular weight is 591 g/mol. The summed E-state index contributed by atoms with van der Waals surface area (Å²) in [5.41, 5.74) is 2.10. The van der Waals surface area contributed by atoms with E-state index in [1.165, 1.54) is 18.2 Å². The average Bonchev–Trinajstić information content (AvgIpc) is 3.42. The van der Waals surface area contributed by atoms with E-state index in [1.807, 2.05) is 18.9 Å². The van der Waals surface area contributed by atoms with Crippen molar-refractivity contribution in [2.45, 2.75) is 57.5 Å². The molecule has 5 rings (SSSR count). The number of amides is 1. The molecular formula is C32H41FN7O3. The van der Waals surface area contributed by atoms with Gasteiger partial charge in [0.2, 0.25) is 12.3 Å². The second-order valence-electron chi connectivity index (χ2n) is 12.0. The lowest BCUT2D eigenvalue weighted by molar-refractivity contribution is -0.130. The van der Waals surface area contributed by atoms with Gasteiger partial charge in [-0.2, -0.15) is 5.26 Å². The zero-order chi connectivity index (χ0) is 30.7. The molecule has 0 bridgehead atoms. The van der Waals surface area contributed by atoms with Crippen LogP contribution in [0.2, 0.25) is 0 Å². The first kappa shape index (κ1) is 30.8. The summed E-state index contributed by atoms with van der Waals surface area (Å²) in [4.78, 5) is 44.2. The zero-order valence-corrected chi connectivity index (χ0v) is 25.3. The third kappa shape index (κ3) is 6.65. The van der Waals surface area contributed by atoms with E-state index in [9.17, 15) is 19.2 Å². The SMILES string of the molecule is C=CC(=O)N1CCN(C2=NC(OCC3CCCN3C)N=C3[C]2CC[C@@H](CN(C)c2cc(F)ccc2C)C3=O)CC1CC#N. The monoisotopic (exact) mass is 590 g/mol. The maximum absolute atomic E-state index is 14.0. The van der Waals surface area contributed by atoms with Gasteiger partial charge in [-0.25, -0.2) is 14.4 Å². The number of aliphatic imine (C=N–C) groups is 2. The molecule has 3 aliphatic heterocycles. The second-order valence-corrected chi connectivity index (χ2v) is 12.0. The van der Waals surface area contributed by atoms with Crippen LogP contribution in [0.4, 0.5) is 10.1 Å². The molecule has 43 heavy (non-hydrogen) atoms. The Balaban J connectivity index is 1.38. The molecule has 1 amide bonds. The molecule has 0 aromatic heterocycles. The fourth-order valence-corrected chi connectivity index (χ4v) is 6.66. The van der Waals surface area contributed by atoms with Crippen LogP contribution in [-0.2, 0) is 14.3 Å². The van der Waals surface area contributed by atoms with Gasteiger partial charge >= 0.3 is 0 Å². The van der Waals surface area contributed by atoms with E-state index in [0.717, 1.165) is 36.6 Å². The van der Waals surface area contributed by atoms with E-state index in [-0.39, 0.29) is 41.9 Å². The van der Waals surface area contributed by atoms with Crippen molar-refractivity contribution < 1.29 is 18.7 Å². The van der Waals surface area contributed by atoms with Gasteiger partial charge in [-0.15, -0.1) is 0 Å². The Morgan fingerprint density at radius 2 is 2.07 bits per heavy atom. The molecule has 229 valence electrons. The summed E-state index contributed by atoms with van der Waals surface area (Å²) in [5.74, 6) is 0.579. The first-order valence-corrected chi connectivity index (χ1v) is 15.1. The number of benzene rings is 1. The zero-order valence-electron chi connectivity index (χ0n) is 25.3. The lowest BCUT2D eigenvalue weighted by Crippen LogP contribution is -2.59. The maximum atomic E-state index is 14.0. The minimum absolute atomic E-state index is 0.0600. The number of amidine groups is 1. The molecule has 1 saturated carbocycles. The number of hydrogen-bond acceptors (Lipinski definition) is 9. The lowest BCUT2D eigenvalue weighted by Gasteiger charge is -2.45. The minimum atomic E-state index is -0.851. The van der Waals surface area contributed by atoms with Crippen molar-refractivity contribution in [1.29, 1.82) is 5.26 Å². The van der Waals surface area contributed by atoms with Crippen LogP contribution in [0.3, 0.4) is 0 Å². The van der Waals surface area contributed by atoms with E-state index in [4.69, 9.17) is 14.7 Å². The van der Waals surface area contributed by atoms with Gasteiger partial charge in [0.25, 0.3) is 0 Å². The highest BCUT2D eigenvalue weighted by molar-refractivity contribution is 6.52. The van der Waals surface area contributed by atoms with Crippen molar-refractivity contribution in [3.05, 3.63) is 48.2 Å². The Kier molecular flexibility index (Phi) is 9.57. The highest BCUT2D eigenvalue weighted by Crippen LogP contribution is 2.34. The van der Waals surface area contributed by atoms with Crippen molar-refractivity contribution >= 4 is 28.9 Å². The Bertz CT molecular complexity index is 1340. The summed E-state index contributed by atoms with van der Waals surface area (Å²) in [6.07, 6.45) is 3.98. The highest BCUT2D eigenvalue weighted by atomic mass is 19.1. The molecule has 1 aromatic rings. The molecule has 0 N–H and O–H groups in total. The van der Waals surface area contributed by atoms with E-state index in [2.05, 4.69) is 29.5 Å². The molecule has 1 radical (unpaired) electrons. The van der Waals surface area contributed by atoms with Crippen LogP contribution >= 0.6 is 0 Å². The molecule has 2 saturated heterocycles. The number of nitrogens with zero attached hydrogens (tertiary/aromatic N) is 7. The summed E-state index contributed by atoms with van der Waals surface area (Å²) < 4.78 is 20.3. The van der Waals surface area contributed by atoms with Gasteiger partial charge in [0.1, 0.15) is 11.7 Å². The van der Waals surface area contributed by atoms with Crippen molar-refractivity contribution in [1.82, 2.24) is 14.7 Å². The van der Waals surface area contributed by atoms with Gasteiger partial charge in [0, 0.05) is 50.9 Å². The summed E-state index contributed by atoms with van der Waals surface area (Å²) in [7, 11) is 3.97. The van der Waals surface area contributed by atoms with Crippen molar-refractivity contribution in [3.63, 3.8) is 0 Å². The van der Waals surface area contributed by atoms with Crippen LogP contribution in [0.1, 0.15) is 37.7 Å². The standard InChI is InChI=1S/C32H41FN7O3/c1-5-28(41)40-16-15-39(19-24(40)12-13-34)31-26-11-9-22(18-38(4)27-17-23(33)10-8-21(27)2)30(42)29(26)35-32(36-31)43-20-25-7-6-14-37(25)3/h5,8,10,17,22,24-25,32H,1,6-7,9,11-12,14-16,18-20H2,2-4H3/t22-,24?,25?,32?/m0/s1. The summed E-state index contributed by atoms with van der Waals surface area (Å²) in [5, 5.41) is 9.48. The first-order chi connectivity index (χ1) is 20.7. The van der Waals surface area contributed by atoms with Gasteiger partial charge in [-0.1, -0.05) is 12.6 Å². The van der Waals surface area contributed by atoms with E-state index in [1.54, 1.807) is 11.0 Å². The Morgan fingerprint density at radius 1 is 1.26 bits per heavy atom. The molecule has 4 aliphatic rings. The molecule has 3 unspecified atom stereocenters. The molecule has 11 heteroatoms. The second kappa shape index (κ2) is 13.3. The van der Waals surface area contributed by atoms with Crippen molar-refractivity contribution in [2.24, 2.45) is 15.9 Å². The predicted octanol–water partition coefficient (Wildman–Crippen LogP) is 2.98. The Hall–Kier alpha value is -3.62. The predicted molar refractivity (Wildman–Crippen MR) is 163 cm³/mol. The van der Waals surface area contributed by atoms with E-state index < -0.39 is 6.35 Å². The largest absolute Gasteiger partial charge is 0.374 e. The minimum Gasteiger partial charge on any atom is -0.374 e. The number of halogens is 1. The quantitative estimate of drug-likeness (QED) is 0.429. The number of likely N-dealkylation sites (tertiary alicyclic amines) is 1. The molecule has 3 fully saturated rings. The summed E-state index contributed by atoms with van der Waals surface area (Å²) in [6.45, 7) is 8.81. The number of ether oxygens (including phenoxy) is 1. The fraction of sp³-hybridized carbons (Fsp3) is 0.562. The van der Waals surface area contributed by atoms with Crippen molar-refractivity contribution in [2.75, 3.05) is 58.3 Å². The third-order valence-corrected chi connectivity index (χ3v) is 9.13. The van der Waals surface area contributed by atoms with Gasteiger partial charge < -0.3 is 24.3 Å². The first-order valence-electron chi connectivity index (χ1n) is 15.1. The lowest BCUT2D eigenvalue weighted by atomic mass is 9.77. The van der Waals surface area contributed by atoms with Crippen LogP contribution in [0.5, 0.6) is 0 Å². The molecule has 1 aliphatic carbocycles. The number of ketones is 1.